The molecule has 3 aromatic heterocycles. The number of aromatic nitrogens is 2. The summed E-state index contributed by atoms with van der Waals surface area (Å²) in [5.41, 5.74) is 2.14. The second-order valence-electron chi connectivity index (χ2n) is 7.73. The fraction of sp³-hybridized carbons (Fsp3) is 0.364. The lowest BCUT2D eigenvalue weighted by Crippen LogP contribution is -2.49. The zero-order chi connectivity index (χ0) is 20.7. The number of nitrogens with zero attached hydrogens (tertiary/aromatic N) is 4. The first-order valence-corrected chi connectivity index (χ1v) is 10.1. The van der Waals surface area contributed by atoms with Crippen LogP contribution in [0.4, 0.5) is 5.95 Å². The van der Waals surface area contributed by atoms with E-state index >= 15 is 0 Å². The van der Waals surface area contributed by atoms with Gasteiger partial charge in [-0.3, -0.25) is 9.59 Å². The molecule has 4 heterocycles. The van der Waals surface area contributed by atoms with E-state index in [1.165, 1.54) is 6.26 Å². The third kappa shape index (κ3) is 3.28. The van der Waals surface area contributed by atoms with Gasteiger partial charge >= 0.3 is 0 Å². The quantitative estimate of drug-likeness (QED) is 0.660. The Kier molecular flexibility index (Phi) is 4.61. The summed E-state index contributed by atoms with van der Waals surface area (Å²) >= 11 is 0. The number of anilines is 1. The number of carbonyl (C=O) groups is 2. The van der Waals surface area contributed by atoms with Crippen LogP contribution < -0.4 is 4.90 Å². The van der Waals surface area contributed by atoms with E-state index in [4.69, 9.17) is 13.8 Å². The highest BCUT2D eigenvalue weighted by atomic mass is 16.3. The largest absolute Gasteiger partial charge is 0.469 e. The minimum atomic E-state index is -0.103. The van der Waals surface area contributed by atoms with Gasteiger partial charge in [-0.2, -0.15) is 0 Å². The highest BCUT2D eigenvalue weighted by molar-refractivity contribution is 5.99. The van der Waals surface area contributed by atoms with Gasteiger partial charge in [0.1, 0.15) is 5.76 Å². The van der Waals surface area contributed by atoms with Crippen molar-refractivity contribution < 1.29 is 18.4 Å². The fourth-order valence-corrected chi connectivity index (χ4v) is 4.29. The van der Waals surface area contributed by atoms with Gasteiger partial charge in [0.05, 0.1) is 29.5 Å². The van der Waals surface area contributed by atoms with Gasteiger partial charge in [0, 0.05) is 44.9 Å². The average molecular weight is 406 g/mol. The van der Waals surface area contributed by atoms with Crippen molar-refractivity contribution in [1.82, 2.24) is 14.9 Å². The van der Waals surface area contributed by atoms with Gasteiger partial charge in [-0.25, -0.2) is 9.97 Å². The monoisotopic (exact) mass is 406 g/mol. The predicted octanol–water partition coefficient (Wildman–Crippen LogP) is 2.85. The summed E-state index contributed by atoms with van der Waals surface area (Å²) in [6.07, 6.45) is 4.21. The van der Waals surface area contributed by atoms with Crippen LogP contribution in [0.1, 0.15) is 50.4 Å². The standard InChI is InChI=1S/C22H22N4O4/c1-14-20-16(12-15(13-17(20)27)18-4-2-10-29-18)24-22(23-14)26-8-6-25(7-9-26)21(28)19-5-3-11-30-19/h2-5,10-11,15H,6-9,12-13H2,1H3/t15-/m0/s1. The molecule has 1 atom stereocenters. The maximum absolute atomic E-state index is 12.7. The Balaban J connectivity index is 1.34. The molecule has 1 saturated heterocycles. The average Bonchev–Trinajstić information content (AvgIpc) is 3.47. The van der Waals surface area contributed by atoms with E-state index in [2.05, 4.69) is 9.88 Å². The lowest BCUT2D eigenvalue weighted by Gasteiger charge is -2.35. The van der Waals surface area contributed by atoms with Crippen LogP contribution in [0.2, 0.25) is 0 Å². The molecule has 0 radical (unpaired) electrons. The van der Waals surface area contributed by atoms with Gasteiger partial charge in [0.15, 0.2) is 11.5 Å². The van der Waals surface area contributed by atoms with Crippen molar-refractivity contribution in [2.75, 3.05) is 31.1 Å². The van der Waals surface area contributed by atoms with Crippen LogP contribution in [0.5, 0.6) is 0 Å². The van der Waals surface area contributed by atoms with Crippen molar-refractivity contribution in [1.29, 1.82) is 0 Å². The van der Waals surface area contributed by atoms with E-state index in [9.17, 15) is 9.59 Å². The molecule has 8 heteroatoms. The number of ketones is 1. The fourth-order valence-electron chi connectivity index (χ4n) is 4.29. The van der Waals surface area contributed by atoms with Crippen molar-refractivity contribution in [3.63, 3.8) is 0 Å². The van der Waals surface area contributed by atoms with Crippen LogP contribution in [0, 0.1) is 6.92 Å². The van der Waals surface area contributed by atoms with Gasteiger partial charge in [0.25, 0.3) is 5.91 Å². The molecule has 0 saturated carbocycles. The highest BCUT2D eigenvalue weighted by Gasteiger charge is 2.32. The topological polar surface area (TPSA) is 92.7 Å². The Hall–Kier alpha value is -3.42. The summed E-state index contributed by atoms with van der Waals surface area (Å²) in [7, 11) is 0. The molecule has 0 unspecified atom stereocenters. The Labute approximate surface area is 173 Å². The van der Waals surface area contributed by atoms with E-state index in [0.717, 1.165) is 11.5 Å². The molecule has 3 aromatic rings. The lowest BCUT2D eigenvalue weighted by molar-refractivity contribution is 0.0713. The molecule has 5 rings (SSSR count). The van der Waals surface area contributed by atoms with Crippen LogP contribution in [0.15, 0.2) is 45.6 Å². The van der Waals surface area contributed by atoms with Crippen LogP contribution in [0.25, 0.3) is 0 Å². The third-order valence-corrected chi connectivity index (χ3v) is 5.83. The summed E-state index contributed by atoms with van der Waals surface area (Å²) in [5.74, 6) is 1.75. The minimum absolute atomic E-state index is 0.00455. The van der Waals surface area contributed by atoms with Crippen molar-refractivity contribution in [2.24, 2.45) is 0 Å². The lowest BCUT2D eigenvalue weighted by atomic mass is 9.84. The van der Waals surface area contributed by atoms with E-state index in [1.807, 2.05) is 19.1 Å². The summed E-state index contributed by atoms with van der Waals surface area (Å²) in [4.78, 5) is 38.4. The predicted molar refractivity (Wildman–Crippen MR) is 108 cm³/mol. The number of furan rings is 2. The first-order chi connectivity index (χ1) is 14.6. The number of hydrogen-bond acceptors (Lipinski definition) is 7. The number of hydrogen-bond donors (Lipinski definition) is 0. The molecule has 0 bridgehead atoms. The molecule has 154 valence electrons. The molecular formula is C22H22N4O4. The Morgan fingerprint density at radius 3 is 2.50 bits per heavy atom. The normalized spacial score (nSPS) is 19.1. The molecule has 2 aliphatic rings. The summed E-state index contributed by atoms with van der Waals surface area (Å²) in [6.45, 7) is 4.24. The first kappa shape index (κ1) is 18.6. The van der Waals surface area contributed by atoms with Gasteiger partial charge in [0.2, 0.25) is 5.95 Å². The third-order valence-electron chi connectivity index (χ3n) is 5.83. The summed E-state index contributed by atoms with van der Waals surface area (Å²) in [6, 6.07) is 7.14. The van der Waals surface area contributed by atoms with Gasteiger partial charge in [-0.05, 0) is 31.2 Å². The number of piperazine rings is 1. The molecule has 1 aliphatic carbocycles. The SMILES string of the molecule is Cc1nc(N2CCN(C(=O)c3ccco3)CC2)nc2c1C(=O)C[C@@H](c1ccco1)C2. The zero-order valence-electron chi connectivity index (χ0n) is 16.7. The zero-order valence-corrected chi connectivity index (χ0v) is 16.7. The van der Waals surface area contributed by atoms with E-state index in [-0.39, 0.29) is 17.6 Å². The van der Waals surface area contributed by atoms with E-state index in [1.54, 1.807) is 23.3 Å². The molecule has 0 N–H and O–H groups in total. The second-order valence-corrected chi connectivity index (χ2v) is 7.73. The van der Waals surface area contributed by atoms with Crippen LogP contribution >= 0.6 is 0 Å². The van der Waals surface area contributed by atoms with Crippen molar-refractivity contribution in [3.05, 3.63) is 65.3 Å². The van der Waals surface area contributed by atoms with Gasteiger partial charge in [-0.15, -0.1) is 0 Å². The number of amides is 1. The maximum Gasteiger partial charge on any atom is 0.289 e. The number of Topliss-reactive ketones (excluding diaryl/α,β-unsaturated/α-hetero) is 1. The van der Waals surface area contributed by atoms with E-state index in [0.29, 0.717) is 62.0 Å². The van der Waals surface area contributed by atoms with Crippen molar-refractivity contribution in [3.8, 4) is 0 Å². The number of rotatable bonds is 3. The summed E-state index contributed by atoms with van der Waals surface area (Å²) < 4.78 is 10.7. The molecule has 8 nitrogen and oxygen atoms in total. The van der Waals surface area contributed by atoms with Crippen LogP contribution in [-0.2, 0) is 6.42 Å². The van der Waals surface area contributed by atoms with Gasteiger partial charge < -0.3 is 18.6 Å². The molecular weight excluding hydrogens is 384 g/mol. The molecule has 1 amide bonds. The van der Waals surface area contributed by atoms with Crippen LogP contribution in [-0.4, -0.2) is 52.7 Å². The molecule has 1 fully saturated rings. The Morgan fingerprint density at radius 1 is 1.03 bits per heavy atom. The van der Waals surface area contributed by atoms with Crippen molar-refractivity contribution in [2.45, 2.75) is 25.7 Å². The van der Waals surface area contributed by atoms with Crippen molar-refractivity contribution >= 4 is 17.6 Å². The molecule has 30 heavy (non-hydrogen) atoms. The van der Waals surface area contributed by atoms with E-state index < -0.39 is 0 Å². The smallest absolute Gasteiger partial charge is 0.289 e. The number of aryl methyl sites for hydroxylation is 1. The molecule has 0 spiro atoms. The summed E-state index contributed by atoms with van der Waals surface area (Å²) in [5, 5.41) is 0. The second kappa shape index (κ2) is 7.44. The molecule has 0 aromatic carbocycles. The highest BCUT2D eigenvalue weighted by Crippen LogP contribution is 2.34. The maximum atomic E-state index is 12.7. The molecule has 1 aliphatic heterocycles. The first-order valence-electron chi connectivity index (χ1n) is 10.1. The Morgan fingerprint density at radius 2 is 1.80 bits per heavy atom. The van der Waals surface area contributed by atoms with Crippen LogP contribution in [0.3, 0.4) is 0 Å². The van der Waals surface area contributed by atoms with Gasteiger partial charge in [-0.1, -0.05) is 0 Å². The minimum Gasteiger partial charge on any atom is -0.469 e. The number of carbonyl (C=O) groups excluding carboxylic acids is 2. The Bertz CT molecular complexity index is 1070. The number of fused-ring (bicyclic) bond motifs is 1.